The average Bonchev–Trinajstić information content (AvgIpc) is 3.12. The maximum absolute atomic E-state index is 13.1. The second-order valence-electron chi connectivity index (χ2n) is 25.2. The molecule has 96 heavy (non-hydrogen) atoms. The van der Waals surface area contributed by atoms with E-state index in [1.807, 2.05) is 12.2 Å². The van der Waals surface area contributed by atoms with Crippen LogP contribution in [0.25, 0.3) is 0 Å². The highest BCUT2D eigenvalue weighted by Crippen LogP contribution is 2.45. The van der Waals surface area contributed by atoms with Gasteiger partial charge in [0.15, 0.2) is 12.2 Å². The zero-order valence-corrected chi connectivity index (χ0v) is 62.3. The van der Waals surface area contributed by atoms with Crippen molar-refractivity contribution in [3.05, 3.63) is 85.1 Å². The zero-order chi connectivity index (χ0) is 70.4. The first-order valence-corrected chi connectivity index (χ1v) is 40.8. The van der Waals surface area contributed by atoms with E-state index in [0.29, 0.717) is 32.1 Å². The minimum absolute atomic E-state index is 0.0741. The number of ether oxygens (including phenoxy) is 4. The summed E-state index contributed by atoms with van der Waals surface area (Å²) < 4.78 is 68.3. The smallest absolute Gasteiger partial charge is 0.462 e. The number of carbonyl (C=O) groups is 4. The number of aliphatic hydroxyl groups is 1. The van der Waals surface area contributed by atoms with Gasteiger partial charge in [-0.3, -0.25) is 37.3 Å². The lowest BCUT2D eigenvalue weighted by Gasteiger charge is -2.21. The van der Waals surface area contributed by atoms with Crippen LogP contribution < -0.4 is 0 Å². The van der Waals surface area contributed by atoms with Gasteiger partial charge in [-0.15, -0.1) is 0 Å². The van der Waals surface area contributed by atoms with E-state index in [0.717, 1.165) is 141 Å². The molecule has 0 aromatic rings. The molecule has 0 aliphatic carbocycles. The van der Waals surface area contributed by atoms with E-state index >= 15 is 0 Å². The predicted molar refractivity (Wildman–Crippen MR) is 390 cm³/mol. The van der Waals surface area contributed by atoms with Crippen LogP contribution in [0.3, 0.4) is 0 Å². The summed E-state index contributed by atoms with van der Waals surface area (Å²) >= 11 is 0. The molecule has 3 N–H and O–H groups in total. The van der Waals surface area contributed by atoms with Gasteiger partial charge in [-0.2, -0.15) is 0 Å². The van der Waals surface area contributed by atoms with Crippen LogP contribution in [-0.4, -0.2) is 96.7 Å². The Labute approximate surface area is 583 Å². The van der Waals surface area contributed by atoms with Crippen molar-refractivity contribution in [1.82, 2.24) is 0 Å². The molecule has 17 nitrogen and oxygen atoms in total. The minimum atomic E-state index is -4.98. The third kappa shape index (κ3) is 68.8. The van der Waals surface area contributed by atoms with Gasteiger partial charge in [0.2, 0.25) is 0 Å². The number of esters is 4. The summed E-state index contributed by atoms with van der Waals surface area (Å²) in [6.45, 7) is 4.73. The number of allylic oxidation sites excluding steroid dienone is 14. The van der Waals surface area contributed by atoms with E-state index in [1.54, 1.807) is 0 Å². The summed E-state index contributed by atoms with van der Waals surface area (Å²) in [6.07, 6.45) is 70.1. The number of aliphatic hydroxyl groups excluding tert-OH is 1. The fourth-order valence-electron chi connectivity index (χ4n) is 9.96. The highest BCUT2D eigenvalue weighted by molar-refractivity contribution is 7.47. The molecule has 0 fully saturated rings. The van der Waals surface area contributed by atoms with Gasteiger partial charge in [0.05, 0.1) is 26.4 Å². The van der Waals surface area contributed by atoms with Gasteiger partial charge in [-0.05, 0) is 141 Å². The molecule has 0 amide bonds. The van der Waals surface area contributed by atoms with Crippen LogP contribution in [0.1, 0.15) is 323 Å². The average molecular weight is 1400 g/mol. The number of phosphoric ester groups is 2. The van der Waals surface area contributed by atoms with Gasteiger partial charge in [0.25, 0.3) is 0 Å². The first kappa shape index (κ1) is 92.2. The molecule has 0 saturated carbocycles. The Kier molecular flexibility index (Phi) is 67.0. The standard InChI is InChI=1S/C77H136O17P2/c1-5-9-13-17-21-25-29-33-34-35-36-40-42-46-50-54-58-62-75(80)88-68-73(94-77(82)64-60-56-52-48-44-39-32-28-24-20-16-12-8-4)70-92-96(85,86)90-66-71(78)65-89-95(83,84)91-69-72(93-76(81)63-59-55-51-47-43-38-31-27-23-19-15-11-7-3)67-87-74(79)61-57-53-49-45-41-37-30-26-22-18-14-10-6-2/h21,25-28,30-34,36,40,46,50,71-73,78H,5-20,22-24,29,35,37-39,41-45,47-49,51-70H2,1-4H3,(H,83,84)(H,85,86)/b25-21-,30-26-,31-27-,32-28-,34-33-,40-36-,50-46-/t71-,72+,73+/m0/s1. The summed E-state index contributed by atoms with van der Waals surface area (Å²) in [7, 11) is -9.96. The highest BCUT2D eigenvalue weighted by Gasteiger charge is 2.30. The van der Waals surface area contributed by atoms with Crippen LogP contribution in [0.5, 0.6) is 0 Å². The Morgan fingerprint density at radius 1 is 0.292 bits per heavy atom. The summed E-state index contributed by atoms with van der Waals surface area (Å²) in [5.74, 6) is -2.25. The Bertz CT molecular complexity index is 2160. The van der Waals surface area contributed by atoms with Gasteiger partial charge >= 0.3 is 39.5 Å². The quantitative estimate of drug-likeness (QED) is 0.0169. The van der Waals surface area contributed by atoms with Gasteiger partial charge in [0.1, 0.15) is 19.3 Å². The maximum atomic E-state index is 13.1. The van der Waals surface area contributed by atoms with Gasteiger partial charge in [-0.1, -0.05) is 241 Å². The van der Waals surface area contributed by atoms with Crippen molar-refractivity contribution in [3.63, 3.8) is 0 Å². The molecule has 0 bridgehead atoms. The Morgan fingerprint density at radius 3 is 0.854 bits per heavy atom. The minimum Gasteiger partial charge on any atom is -0.462 e. The summed E-state index contributed by atoms with van der Waals surface area (Å²) in [5.41, 5.74) is 0. The fraction of sp³-hybridized carbons (Fsp3) is 0.766. The number of rotatable bonds is 71. The van der Waals surface area contributed by atoms with E-state index in [1.165, 1.54) is 96.3 Å². The molecule has 556 valence electrons. The van der Waals surface area contributed by atoms with Crippen molar-refractivity contribution >= 4 is 39.5 Å². The first-order valence-electron chi connectivity index (χ1n) is 37.8. The predicted octanol–water partition coefficient (Wildman–Crippen LogP) is 21.4. The Hall–Kier alpha value is -3.76. The lowest BCUT2D eigenvalue weighted by atomic mass is 10.1. The molecule has 0 aromatic heterocycles. The maximum Gasteiger partial charge on any atom is 0.472 e. The lowest BCUT2D eigenvalue weighted by Crippen LogP contribution is -2.30. The molecular formula is C77H136O17P2. The number of hydrogen-bond donors (Lipinski definition) is 3. The molecule has 0 spiro atoms. The number of hydrogen-bond acceptors (Lipinski definition) is 15. The van der Waals surface area contributed by atoms with Gasteiger partial charge in [0, 0.05) is 25.7 Å². The van der Waals surface area contributed by atoms with Crippen molar-refractivity contribution in [3.8, 4) is 0 Å². The summed E-state index contributed by atoms with van der Waals surface area (Å²) in [4.78, 5) is 72.7. The van der Waals surface area contributed by atoms with Crippen LogP contribution in [0.2, 0.25) is 0 Å². The molecule has 0 aliphatic rings. The molecule has 2 unspecified atom stereocenters. The second-order valence-corrected chi connectivity index (χ2v) is 28.1. The normalized spacial score (nSPS) is 14.4. The largest absolute Gasteiger partial charge is 0.472 e. The topological polar surface area (TPSA) is 237 Å². The molecule has 19 heteroatoms. The van der Waals surface area contributed by atoms with Crippen molar-refractivity contribution in [2.45, 2.75) is 341 Å². The SMILES string of the molecule is CCCCC/C=C\C/C=C\C/C=C\C/C=C\CCCC(=O)OC[C@H](COP(=O)(O)OC[C@@H](O)COP(=O)(O)OC[C@@H](COC(=O)CCCCCCC/C=C\CCCCCC)OC(=O)CCCCCCC/C=C\CCCCCC)OC(=O)CCCCCCC/C=C\CCCCCC. The highest BCUT2D eigenvalue weighted by atomic mass is 31.2. The van der Waals surface area contributed by atoms with Crippen LogP contribution in [-0.2, 0) is 65.4 Å². The molecule has 0 radical (unpaired) electrons. The van der Waals surface area contributed by atoms with Crippen LogP contribution >= 0.6 is 15.6 Å². The number of phosphoric acid groups is 2. The van der Waals surface area contributed by atoms with E-state index in [9.17, 15) is 43.2 Å². The Balaban J connectivity index is 5.38. The number of unbranched alkanes of at least 4 members (excludes halogenated alkanes) is 31. The molecule has 0 saturated heterocycles. The zero-order valence-electron chi connectivity index (χ0n) is 60.5. The third-order valence-electron chi connectivity index (χ3n) is 15.8. The van der Waals surface area contributed by atoms with Gasteiger partial charge < -0.3 is 33.8 Å². The summed E-state index contributed by atoms with van der Waals surface area (Å²) in [5, 5.41) is 10.6. The first-order chi connectivity index (χ1) is 46.7. The summed E-state index contributed by atoms with van der Waals surface area (Å²) in [6, 6.07) is 0. The van der Waals surface area contributed by atoms with Crippen molar-refractivity contribution < 1.29 is 80.2 Å². The van der Waals surface area contributed by atoms with E-state index in [2.05, 4.69) is 101 Å². The van der Waals surface area contributed by atoms with Crippen LogP contribution in [0.4, 0.5) is 0 Å². The van der Waals surface area contributed by atoms with Crippen LogP contribution in [0.15, 0.2) is 85.1 Å². The van der Waals surface area contributed by atoms with Crippen molar-refractivity contribution in [2.75, 3.05) is 39.6 Å². The van der Waals surface area contributed by atoms with Gasteiger partial charge in [-0.25, -0.2) is 9.13 Å². The molecule has 0 rings (SSSR count). The van der Waals surface area contributed by atoms with E-state index in [-0.39, 0.29) is 25.7 Å². The number of carbonyl (C=O) groups excluding carboxylic acids is 4. The van der Waals surface area contributed by atoms with Crippen LogP contribution in [0, 0.1) is 0 Å². The monoisotopic (exact) mass is 1390 g/mol. The molecular weight excluding hydrogens is 1260 g/mol. The van der Waals surface area contributed by atoms with E-state index in [4.69, 9.17) is 37.0 Å². The second kappa shape index (κ2) is 69.7. The lowest BCUT2D eigenvalue weighted by molar-refractivity contribution is -0.161. The molecule has 0 heterocycles. The fourth-order valence-corrected chi connectivity index (χ4v) is 11.5. The molecule has 0 aromatic carbocycles. The van der Waals surface area contributed by atoms with Crippen molar-refractivity contribution in [1.29, 1.82) is 0 Å². The molecule has 0 aliphatic heterocycles. The van der Waals surface area contributed by atoms with E-state index < -0.39 is 97.5 Å². The Morgan fingerprint density at radius 2 is 0.521 bits per heavy atom. The third-order valence-corrected chi connectivity index (χ3v) is 17.7. The molecule has 5 atom stereocenters. The van der Waals surface area contributed by atoms with Crippen molar-refractivity contribution in [2.24, 2.45) is 0 Å².